The Balaban J connectivity index is 1.48. The lowest BCUT2D eigenvalue weighted by atomic mass is 10.1. The molecule has 2 amide bonds. The summed E-state index contributed by atoms with van der Waals surface area (Å²) in [6.45, 7) is 0.360. The van der Waals surface area contributed by atoms with E-state index in [1.54, 1.807) is 12.5 Å². The molecule has 1 aliphatic rings. The Hall–Kier alpha value is -2.80. The Kier molecular flexibility index (Phi) is 4.15. The van der Waals surface area contributed by atoms with Gasteiger partial charge in [0, 0.05) is 17.6 Å². The average Bonchev–Trinajstić information content (AvgIpc) is 3.23. The average molecular weight is 354 g/mol. The number of aromatic nitrogens is 1. The first-order valence-corrected chi connectivity index (χ1v) is 8.61. The van der Waals surface area contributed by atoms with Crippen molar-refractivity contribution in [1.29, 1.82) is 0 Å². The molecule has 1 aromatic carbocycles. The summed E-state index contributed by atoms with van der Waals surface area (Å²) >= 11 is 1.03. The van der Waals surface area contributed by atoms with Crippen molar-refractivity contribution in [3.8, 4) is 5.75 Å². The van der Waals surface area contributed by atoms with Crippen LogP contribution in [-0.4, -0.2) is 21.4 Å². The van der Waals surface area contributed by atoms with Crippen LogP contribution in [0.5, 0.6) is 5.75 Å². The lowest BCUT2D eigenvalue weighted by molar-refractivity contribution is -0.118. The number of ether oxygens (including phenoxy) is 1. The van der Waals surface area contributed by atoms with Gasteiger partial charge in [-0.1, -0.05) is 11.8 Å². The van der Waals surface area contributed by atoms with Gasteiger partial charge in [-0.25, -0.2) is 0 Å². The second-order valence-corrected chi connectivity index (χ2v) is 6.83. The first kappa shape index (κ1) is 15.7. The summed E-state index contributed by atoms with van der Waals surface area (Å²) in [6, 6.07) is 11.3. The fourth-order valence-corrected chi connectivity index (χ4v) is 3.50. The molecule has 0 spiro atoms. The van der Waals surface area contributed by atoms with E-state index in [1.165, 1.54) is 0 Å². The second kappa shape index (κ2) is 6.60. The van der Waals surface area contributed by atoms with E-state index >= 15 is 0 Å². The molecule has 0 radical (unpaired) electrons. The summed E-state index contributed by atoms with van der Waals surface area (Å²) in [5.41, 5.74) is 1.72. The van der Waals surface area contributed by atoms with Gasteiger partial charge in [0.05, 0.1) is 17.0 Å². The van der Waals surface area contributed by atoms with Crippen molar-refractivity contribution in [1.82, 2.24) is 10.3 Å². The molecule has 7 heteroatoms. The van der Waals surface area contributed by atoms with E-state index in [-0.39, 0.29) is 16.4 Å². The third kappa shape index (κ3) is 3.51. The molecule has 2 aromatic heterocycles. The minimum Gasteiger partial charge on any atom is -0.486 e. The number of pyridine rings is 1. The summed E-state index contributed by atoms with van der Waals surface area (Å²) in [7, 11) is 0. The number of fused-ring (bicyclic) bond motifs is 1. The van der Waals surface area contributed by atoms with Gasteiger partial charge in [-0.15, -0.1) is 0 Å². The molecule has 25 heavy (non-hydrogen) atoms. The van der Waals surface area contributed by atoms with E-state index in [2.05, 4.69) is 10.3 Å². The largest absolute Gasteiger partial charge is 0.486 e. The Morgan fingerprint density at radius 2 is 2.16 bits per heavy atom. The molecular formula is C18H14N2O4S. The van der Waals surface area contributed by atoms with Crippen LogP contribution < -0.4 is 10.1 Å². The molecule has 0 bridgehead atoms. The zero-order valence-electron chi connectivity index (χ0n) is 13.1. The molecule has 0 aliphatic carbocycles. The number of hydrogen-bond donors (Lipinski definition) is 1. The second-order valence-electron chi connectivity index (χ2n) is 5.65. The topological polar surface area (TPSA) is 81.4 Å². The Labute approximate surface area is 147 Å². The highest BCUT2D eigenvalue weighted by molar-refractivity contribution is 8.15. The van der Waals surface area contributed by atoms with Gasteiger partial charge in [0.15, 0.2) is 0 Å². The van der Waals surface area contributed by atoms with Gasteiger partial charge in [-0.3, -0.25) is 19.9 Å². The quantitative estimate of drug-likeness (QED) is 0.757. The van der Waals surface area contributed by atoms with Crippen LogP contribution in [0.4, 0.5) is 4.79 Å². The van der Waals surface area contributed by atoms with E-state index in [0.717, 1.165) is 34.0 Å². The van der Waals surface area contributed by atoms with E-state index in [4.69, 9.17) is 9.15 Å². The van der Waals surface area contributed by atoms with Gasteiger partial charge in [-0.05, 0) is 42.3 Å². The van der Waals surface area contributed by atoms with Crippen LogP contribution in [0, 0.1) is 0 Å². The number of hydrogen-bond acceptors (Lipinski definition) is 6. The number of rotatable bonds is 5. The van der Waals surface area contributed by atoms with Gasteiger partial charge in [0.2, 0.25) is 5.91 Å². The zero-order valence-corrected chi connectivity index (χ0v) is 13.9. The molecule has 1 saturated heterocycles. The van der Waals surface area contributed by atoms with E-state index in [9.17, 15) is 9.59 Å². The van der Waals surface area contributed by atoms with Crippen LogP contribution >= 0.6 is 11.8 Å². The zero-order chi connectivity index (χ0) is 17.2. The minimum atomic E-state index is -0.386. The predicted octanol–water partition coefficient (Wildman–Crippen LogP) is 3.30. The van der Waals surface area contributed by atoms with E-state index in [0.29, 0.717) is 18.8 Å². The normalized spacial score (nSPS) is 17.0. The monoisotopic (exact) mass is 354 g/mol. The van der Waals surface area contributed by atoms with Crippen LogP contribution in [0.2, 0.25) is 0 Å². The number of thioether (sulfide) groups is 1. The van der Waals surface area contributed by atoms with Crippen molar-refractivity contribution >= 4 is 33.8 Å². The highest BCUT2D eigenvalue weighted by atomic mass is 32.2. The predicted molar refractivity (Wildman–Crippen MR) is 93.4 cm³/mol. The van der Waals surface area contributed by atoms with E-state index in [1.807, 2.05) is 36.4 Å². The smallest absolute Gasteiger partial charge is 0.286 e. The lowest BCUT2D eigenvalue weighted by Crippen LogP contribution is -2.25. The molecule has 1 atom stereocenters. The van der Waals surface area contributed by atoms with Gasteiger partial charge < -0.3 is 9.15 Å². The van der Waals surface area contributed by atoms with Crippen molar-refractivity contribution < 1.29 is 18.7 Å². The number of carbonyl (C=O) groups excluding carboxylic acids is 2. The summed E-state index contributed by atoms with van der Waals surface area (Å²) < 4.78 is 10.9. The maximum atomic E-state index is 11.7. The van der Waals surface area contributed by atoms with Crippen molar-refractivity contribution in [2.75, 3.05) is 0 Å². The Bertz CT molecular complexity index is 939. The van der Waals surface area contributed by atoms with Gasteiger partial charge in [-0.2, -0.15) is 0 Å². The van der Waals surface area contributed by atoms with Crippen molar-refractivity contribution in [2.45, 2.75) is 18.3 Å². The standard InChI is InChI=1S/C18H14N2O4S/c21-17-16(25-18(22)20-17)7-11-6-12-3-4-13(8-15(12)19-9-11)24-10-14-2-1-5-23-14/h1-6,8-9,16H,7,10H2,(H,20,21,22). The van der Waals surface area contributed by atoms with Crippen LogP contribution in [0.25, 0.3) is 10.9 Å². The number of imide groups is 1. The number of carbonyl (C=O) groups is 2. The Morgan fingerprint density at radius 3 is 2.92 bits per heavy atom. The van der Waals surface area contributed by atoms with Crippen molar-refractivity contribution in [3.05, 3.63) is 60.2 Å². The summed E-state index contributed by atoms with van der Waals surface area (Å²) in [6.07, 6.45) is 3.82. The Morgan fingerprint density at radius 1 is 1.24 bits per heavy atom. The third-order valence-electron chi connectivity index (χ3n) is 3.86. The summed E-state index contributed by atoms with van der Waals surface area (Å²) in [5, 5.41) is 2.58. The first-order valence-electron chi connectivity index (χ1n) is 7.73. The van der Waals surface area contributed by atoms with Crippen LogP contribution in [0.1, 0.15) is 11.3 Å². The maximum Gasteiger partial charge on any atom is 0.286 e. The van der Waals surface area contributed by atoms with Crippen LogP contribution in [0.3, 0.4) is 0 Å². The van der Waals surface area contributed by atoms with E-state index < -0.39 is 0 Å². The number of nitrogens with one attached hydrogen (secondary N) is 1. The van der Waals surface area contributed by atoms with Gasteiger partial charge in [0.25, 0.3) is 5.24 Å². The number of nitrogens with zero attached hydrogens (tertiary/aromatic N) is 1. The highest BCUT2D eigenvalue weighted by Gasteiger charge is 2.31. The number of benzene rings is 1. The van der Waals surface area contributed by atoms with Crippen molar-refractivity contribution in [2.24, 2.45) is 0 Å². The van der Waals surface area contributed by atoms with Crippen molar-refractivity contribution in [3.63, 3.8) is 0 Å². The number of amides is 2. The molecule has 1 aliphatic heterocycles. The molecule has 3 heterocycles. The molecule has 1 unspecified atom stereocenters. The van der Waals surface area contributed by atoms with Crippen LogP contribution in [-0.2, 0) is 17.8 Å². The summed E-state index contributed by atoms with van der Waals surface area (Å²) in [4.78, 5) is 27.4. The van der Waals surface area contributed by atoms with Gasteiger partial charge >= 0.3 is 0 Å². The maximum absolute atomic E-state index is 11.7. The molecule has 3 aromatic rings. The third-order valence-corrected chi connectivity index (χ3v) is 4.84. The minimum absolute atomic E-state index is 0.239. The summed E-state index contributed by atoms with van der Waals surface area (Å²) in [5.74, 6) is 1.22. The first-order chi connectivity index (χ1) is 12.2. The lowest BCUT2D eigenvalue weighted by Gasteiger charge is -2.08. The molecular weight excluding hydrogens is 340 g/mol. The SMILES string of the molecule is O=C1NC(=O)C(Cc2cnc3cc(OCc4ccco4)ccc3c2)S1. The molecule has 1 fully saturated rings. The molecule has 126 valence electrons. The molecule has 4 rings (SSSR count). The molecule has 6 nitrogen and oxygen atoms in total. The fraction of sp³-hybridized carbons (Fsp3) is 0.167. The molecule has 1 N–H and O–H groups in total. The van der Waals surface area contributed by atoms with Crippen LogP contribution in [0.15, 0.2) is 53.3 Å². The molecule has 0 saturated carbocycles. The highest BCUT2D eigenvalue weighted by Crippen LogP contribution is 2.25. The fourth-order valence-electron chi connectivity index (χ4n) is 2.64. The number of furan rings is 1. The van der Waals surface area contributed by atoms with Gasteiger partial charge in [0.1, 0.15) is 18.1 Å².